The zero-order chi connectivity index (χ0) is 12.0. The lowest BCUT2D eigenvalue weighted by atomic mass is 10.3. The van der Waals surface area contributed by atoms with E-state index in [9.17, 15) is 0 Å². The molecule has 5 nitrogen and oxygen atoms in total. The zero-order valence-electron chi connectivity index (χ0n) is 10.4. The molecule has 0 aliphatic heterocycles. The van der Waals surface area contributed by atoms with Crippen LogP contribution in [-0.2, 0) is 0 Å². The van der Waals surface area contributed by atoms with Gasteiger partial charge in [0.05, 0.1) is 12.2 Å². The van der Waals surface area contributed by atoms with E-state index in [1.807, 2.05) is 27.9 Å². The van der Waals surface area contributed by atoms with Gasteiger partial charge in [-0.25, -0.2) is 9.97 Å². The monoisotopic (exact) mass is 224 g/mol. The Morgan fingerprint density at radius 1 is 1.44 bits per heavy atom. The second-order valence-corrected chi connectivity index (χ2v) is 3.59. The van der Waals surface area contributed by atoms with Crippen LogP contribution in [0.4, 0.5) is 5.82 Å². The number of hydrogen-bond donors (Lipinski definition) is 1. The Bertz CT molecular complexity index is 330. The van der Waals surface area contributed by atoms with E-state index in [-0.39, 0.29) is 0 Å². The number of nitrogens with one attached hydrogen (secondary N) is 1. The maximum Gasteiger partial charge on any atom is 0.221 e. The molecule has 1 aromatic rings. The highest BCUT2D eigenvalue weighted by molar-refractivity contribution is 5.49. The number of anilines is 1. The average molecular weight is 224 g/mol. The van der Waals surface area contributed by atoms with Crippen LogP contribution in [0.3, 0.4) is 0 Å². The molecule has 16 heavy (non-hydrogen) atoms. The molecule has 0 fully saturated rings. The highest BCUT2D eigenvalue weighted by Gasteiger charge is 2.11. The molecule has 1 aromatic heterocycles. The quantitative estimate of drug-likeness (QED) is 0.776. The molecule has 0 aliphatic rings. The van der Waals surface area contributed by atoms with E-state index < -0.39 is 0 Å². The summed E-state index contributed by atoms with van der Waals surface area (Å²) in [4.78, 5) is 10.5. The van der Waals surface area contributed by atoms with Crippen molar-refractivity contribution in [1.29, 1.82) is 0 Å². The fraction of sp³-hybridized carbons (Fsp3) is 0.636. The largest absolute Gasteiger partial charge is 0.478 e. The third-order valence-electron chi connectivity index (χ3n) is 2.35. The summed E-state index contributed by atoms with van der Waals surface area (Å²) in [5, 5.41) is 3.11. The minimum Gasteiger partial charge on any atom is -0.478 e. The molecule has 90 valence electrons. The first-order valence-corrected chi connectivity index (χ1v) is 5.50. The third kappa shape index (κ3) is 3.06. The van der Waals surface area contributed by atoms with Crippen LogP contribution in [0.15, 0.2) is 6.33 Å². The highest BCUT2D eigenvalue weighted by atomic mass is 16.5. The number of ether oxygens (including phenoxy) is 1. The number of hydrogen-bond acceptors (Lipinski definition) is 5. The fourth-order valence-corrected chi connectivity index (χ4v) is 1.48. The van der Waals surface area contributed by atoms with Crippen LogP contribution >= 0.6 is 0 Å². The zero-order valence-corrected chi connectivity index (χ0v) is 10.4. The lowest BCUT2D eigenvalue weighted by Crippen LogP contribution is -2.28. The number of rotatable bonds is 6. The number of aromatic nitrogens is 2. The molecule has 0 aliphatic carbocycles. The van der Waals surface area contributed by atoms with E-state index in [1.54, 1.807) is 6.33 Å². The highest BCUT2D eigenvalue weighted by Crippen LogP contribution is 2.22. The molecule has 0 radical (unpaired) electrons. The van der Waals surface area contributed by atoms with Crippen LogP contribution in [0, 0.1) is 6.92 Å². The van der Waals surface area contributed by atoms with Gasteiger partial charge in [0.2, 0.25) is 5.88 Å². The number of nitrogens with zero attached hydrogens (tertiary/aromatic N) is 3. The molecule has 0 saturated heterocycles. The van der Waals surface area contributed by atoms with Crippen molar-refractivity contribution in [2.75, 3.05) is 38.7 Å². The maximum absolute atomic E-state index is 5.44. The molecule has 0 aromatic carbocycles. The fourth-order valence-electron chi connectivity index (χ4n) is 1.48. The summed E-state index contributed by atoms with van der Waals surface area (Å²) in [6.45, 7) is 6.38. The SMILES string of the molecule is CCOc1ncnc(N(C)CCNC)c1C. The van der Waals surface area contributed by atoms with Crippen molar-refractivity contribution in [3.8, 4) is 5.88 Å². The minimum absolute atomic E-state index is 0.623. The van der Waals surface area contributed by atoms with Crippen molar-refractivity contribution in [3.63, 3.8) is 0 Å². The Morgan fingerprint density at radius 2 is 2.19 bits per heavy atom. The van der Waals surface area contributed by atoms with Crippen molar-refractivity contribution in [2.24, 2.45) is 0 Å². The van der Waals surface area contributed by atoms with Gasteiger partial charge in [-0.2, -0.15) is 0 Å². The van der Waals surface area contributed by atoms with E-state index in [2.05, 4.69) is 20.2 Å². The molecule has 0 unspecified atom stereocenters. The van der Waals surface area contributed by atoms with Crippen molar-refractivity contribution in [2.45, 2.75) is 13.8 Å². The average Bonchev–Trinajstić information content (AvgIpc) is 2.29. The van der Waals surface area contributed by atoms with E-state index in [1.165, 1.54) is 0 Å². The molecule has 5 heteroatoms. The predicted octanol–water partition coefficient (Wildman–Crippen LogP) is 0.839. The normalized spacial score (nSPS) is 10.2. The van der Waals surface area contributed by atoms with E-state index in [0.29, 0.717) is 12.5 Å². The Labute approximate surface area is 96.8 Å². The van der Waals surface area contributed by atoms with Gasteiger partial charge >= 0.3 is 0 Å². The Kier molecular flexibility index (Phi) is 4.98. The van der Waals surface area contributed by atoms with Crippen LogP contribution < -0.4 is 15.0 Å². The lowest BCUT2D eigenvalue weighted by molar-refractivity contribution is 0.323. The van der Waals surface area contributed by atoms with E-state index in [4.69, 9.17) is 4.74 Å². The molecule has 1 N–H and O–H groups in total. The second-order valence-electron chi connectivity index (χ2n) is 3.59. The maximum atomic E-state index is 5.44. The van der Waals surface area contributed by atoms with Gasteiger partial charge in [-0.15, -0.1) is 0 Å². The lowest BCUT2D eigenvalue weighted by Gasteiger charge is -2.20. The van der Waals surface area contributed by atoms with Gasteiger partial charge < -0.3 is 15.0 Å². The van der Waals surface area contributed by atoms with Crippen molar-refractivity contribution < 1.29 is 4.74 Å². The van der Waals surface area contributed by atoms with Crippen molar-refractivity contribution in [1.82, 2.24) is 15.3 Å². The van der Waals surface area contributed by atoms with E-state index in [0.717, 1.165) is 24.5 Å². The van der Waals surface area contributed by atoms with Crippen molar-refractivity contribution in [3.05, 3.63) is 11.9 Å². The molecule has 0 amide bonds. The van der Waals surface area contributed by atoms with Gasteiger partial charge in [-0.1, -0.05) is 0 Å². The van der Waals surface area contributed by atoms with Crippen LogP contribution in [0.5, 0.6) is 5.88 Å². The first-order chi connectivity index (χ1) is 7.70. The molecular formula is C11H20N4O. The molecular weight excluding hydrogens is 204 g/mol. The molecule has 1 heterocycles. The van der Waals surface area contributed by atoms with Crippen LogP contribution in [0.2, 0.25) is 0 Å². The first-order valence-electron chi connectivity index (χ1n) is 5.50. The van der Waals surface area contributed by atoms with Crippen LogP contribution in [0.25, 0.3) is 0 Å². The molecule has 1 rings (SSSR count). The topological polar surface area (TPSA) is 50.3 Å². The Hall–Kier alpha value is -1.36. The summed E-state index contributed by atoms with van der Waals surface area (Å²) in [6.07, 6.45) is 1.54. The standard InChI is InChI=1S/C11H20N4O/c1-5-16-11-9(2)10(13-8-14-11)15(4)7-6-12-3/h8,12H,5-7H2,1-4H3. The van der Waals surface area contributed by atoms with Gasteiger partial charge in [0, 0.05) is 20.1 Å². The summed E-state index contributed by atoms with van der Waals surface area (Å²) >= 11 is 0. The molecule has 0 spiro atoms. The molecule has 0 atom stereocenters. The van der Waals surface area contributed by atoms with Crippen LogP contribution in [-0.4, -0.2) is 43.8 Å². The second kappa shape index (κ2) is 6.27. The summed E-state index contributed by atoms with van der Waals surface area (Å²) in [5.74, 6) is 1.59. The predicted molar refractivity (Wildman–Crippen MR) is 65.1 cm³/mol. The summed E-state index contributed by atoms with van der Waals surface area (Å²) in [6, 6.07) is 0. The summed E-state index contributed by atoms with van der Waals surface area (Å²) in [7, 11) is 3.95. The van der Waals surface area contributed by atoms with Gasteiger partial charge in [0.15, 0.2) is 0 Å². The van der Waals surface area contributed by atoms with Gasteiger partial charge in [-0.3, -0.25) is 0 Å². The smallest absolute Gasteiger partial charge is 0.221 e. The summed E-state index contributed by atoms with van der Waals surface area (Å²) in [5.41, 5.74) is 0.989. The Balaban J connectivity index is 2.82. The van der Waals surface area contributed by atoms with E-state index >= 15 is 0 Å². The Morgan fingerprint density at radius 3 is 2.81 bits per heavy atom. The summed E-state index contributed by atoms with van der Waals surface area (Å²) < 4.78 is 5.44. The minimum atomic E-state index is 0.623. The number of likely N-dealkylation sites (N-methyl/N-ethyl adjacent to an activating group) is 2. The molecule has 0 bridgehead atoms. The van der Waals surface area contributed by atoms with Gasteiger partial charge in [0.25, 0.3) is 0 Å². The molecule has 0 saturated carbocycles. The van der Waals surface area contributed by atoms with Crippen LogP contribution in [0.1, 0.15) is 12.5 Å². The van der Waals surface area contributed by atoms with Gasteiger partial charge in [-0.05, 0) is 20.9 Å². The third-order valence-corrected chi connectivity index (χ3v) is 2.35. The first kappa shape index (κ1) is 12.7. The van der Waals surface area contributed by atoms with Crippen molar-refractivity contribution >= 4 is 5.82 Å². The van der Waals surface area contributed by atoms with Gasteiger partial charge in [0.1, 0.15) is 12.1 Å².